The third-order valence-corrected chi connectivity index (χ3v) is 5.05. The van der Waals surface area contributed by atoms with Gasteiger partial charge in [0.15, 0.2) is 0 Å². The van der Waals surface area contributed by atoms with Gasteiger partial charge in [0.2, 0.25) is 0 Å². The number of nitrogens with zero attached hydrogens (tertiary/aromatic N) is 4. The predicted octanol–water partition coefficient (Wildman–Crippen LogP) is 1.92. The first-order chi connectivity index (χ1) is 11.6. The van der Waals surface area contributed by atoms with Crippen LogP contribution >= 0.6 is 0 Å². The van der Waals surface area contributed by atoms with E-state index in [0.29, 0.717) is 25.4 Å². The molecule has 2 aliphatic rings. The van der Waals surface area contributed by atoms with Crippen LogP contribution in [0.4, 0.5) is 0 Å². The lowest BCUT2D eigenvalue weighted by atomic mass is 9.98. The smallest absolute Gasteiger partial charge is 0.270 e. The molecule has 0 aromatic carbocycles. The van der Waals surface area contributed by atoms with Gasteiger partial charge in [-0.3, -0.25) is 4.79 Å². The van der Waals surface area contributed by atoms with Gasteiger partial charge in [0, 0.05) is 45.1 Å². The van der Waals surface area contributed by atoms with Crippen molar-refractivity contribution in [2.75, 3.05) is 19.8 Å². The summed E-state index contributed by atoms with van der Waals surface area (Å²) in [6.45, 7) is 2.75. The van der Waals surface area contributed by atoms with Gasteiger partial charge in [0.1, 0.15) is 5.69 Å². The number of ether oxygens (including phenoxy) is 1. The van der Waals surface area contributed by atoms with Gasteiger partial charge in [-0.25, -0.2) is 4.98 Å². The van der Waals surface area contributed by atoms with Gasteiger partial charge in [0.05, 0.1) is 25.2 Å². The zero-order chi connectivity index (χ0) is 16.7. The maximum atomic E-state index is 12.9. The molecular weight excluding hydrogens is 304 g/mol. The monoisotopic (exact) mass is 328 g/mol. The summed E-state index contributed by atoms with van der Waals surface area (Å²) in [5.74, 6) is 0.996. The van der Waals surface area contributed by atoms with E-state index in [4.69, 9.17) is 4.74 Å². The molecule has 1 aliphatic heterocycles. The molecule has 1 atom stereocenters. The molecule has 0 spiro atoms. The summed E-state index contributed by atoms with van der Waals surface area (Å²) in [6.07, 6.45) is 6.33. The molecule has 0 radical (unpaired) electrons. The number of carbonyl (C=O) groups is 1. The predicted molar refractivity (Wildman–Crippen MR) is 89.6 cm³/mol. The Bertz CT molecular complexity index is 744. The lowest BCUT2D eigenvalue weighted by Gasteiger charge is -2.33. The minimum absolute atomic E-state index is 0.0611. The van der Waals surface area contributed by atoms with Crippen LogP contribution in [0.3, 0.4) is 0 Å². The zero-order valence-corrected chi connectivity index (χ0v) is 14.3. The van der Waals surface area contributed by atoms with Crippen LogP contribution in [0.25, 0.3) is 0 Å². The van der Waals surface area contributed by atoms with E-state index in [2.05, 4.69) is 9.55 Å². The topological polar surface area (TPSA) is 52.3 Å². The number of imidazole rings is 1. The molecule has 2 aromatic rings. The fourth-order valence-electron chi connectivity index (χ4n) is 3.52. The number of rotatable bonds is 5. The van der Waals surface area contributed by atoms with Crippen LogP contribution in [-0.2, 0) is 25.4 Å². The van der Waals surface area contributed by atoms with Crippen molar-refractivity contribution in [3.05, 3.63) is 41.7 Å². The molecule has 1 fully saturated rings. The summed E-state index contributed by atoms with van der Waals surface area (Å²) in [5.41, 5.74) is 2.92. The largest absolute Gasteiger partial charge is 0.380 e. The van der Waals surface area contributed by atoms with Crippen LogP contribution in [0.1, 0.15) is 40.6 Å². The number of hydrogen-bond donors (Lipinski definition) is 0. The molecule has 4 rings (SSSR count). The first-order valence-electron chi connectivity index (χ1n) is 8.62. The number of carbonyl (C=O) groups excluding carboxylic acids is 1. The van der Waals surface area contributed by atoms with Crippen molar-refractivity contribution < 1.29 is 9.53 Å². The number of amides is 1. The van der Waals surface area contributed by atoms with E-state index < -0.39 is 0 Å². The van der Waals surface area contributed by atoms with E-state index in [1.807, 2.05) is 48.2 Å². The van der Waals surface area contributed by atoms with E-state index in [1.54, 1.807) is 0 Å². The first-order valence-corrected chi connectivity index (χ1v) is 8.62. The maximum Gasteiger partial charge on any atom is 0.270 e. The highest BCUT2D eigenvalue weighted by Gasteiger charge is 2.33. The molecule has 0 bridgehead atoms. The summed E-state index contributed by atoms with van der Waals surface area (Å²) in [6, 6.07) is 3.77. The van der Waals surface area contributed by atoms with Crippen molar-refractivity contribution in [1.29, 1.82) is 0 Å². The molecule has 1 amide bonds. The number of aryl methyl sites for hydroxylation is 2. The van der Waals surface area contributed by atoms with Crippen LogP contribution < -0.4 is 0 Å². The fourth-order valence-corrected chi connectivity index (χ4v) is 3.52. The van der Waals surface area contributed by atoms with E-state index in [9.17, 15) is 4.79 Å². The van der Waals surface area contributed by atoms with Gasteiger partial charge in [-0.05, 0) is 30.9 Å². The molecule has 128 valence electrons. The third-order valence-electron chi connectivity index (χ3n) is 5.05. The minimum Gasteiger partial charge on any atom is -0.380 e. The average Bonchev–Trinajstić information content (AvgIpc) is 3.18. The van der Waals surface area contributed by atoms with Crippen molar-refractivity contribution >= 4 is 5.91 Å². The number of hydrogen-bond acceptors (Lipinski definition) is 3. The highest BCUT2D eigenvalue weighted by atomic mass is 16.5. The molecule has 1 aliphatic carbocycles. The lowest BCUT2D eigenvalue weighted by molar-refractivity contribution is 0.0610. The number of fused-ring (bicyclic) bond motifs is 1. The maximum absolute atomic E-state index is 12.9. The molecule has 0 N–H and O–H groups in total. The SMILES string of the molecule is Cn1cccc1C(=O)N1Cc2ncn(C)c2[C@@H](COCC2CC2)C1. The Labute approximate surface area is 142 Å². The first kappa shape index (κ1) is 15.4. The van der Waals surface area contributed by atoms with Crippen LogP contribution in [0, 0.1) is 5.92 Å². The Morgan fingerprint density at radius 1 is 1.29 bits per heavy atom. The second kappa shape index (κ2) is 6.09. The Balaban J connectivity index is 1.53. The van der Waals surface area contributed by atoms with Crippen molar-refractivity contribution in [3.8, 4) is 0 Å². The van der Waals surface area contributed by atoms with E-state index in [1.165, 1.54) is 18.5 Å². The summed E-state index contributed by atoms with van der Waals surface area (Å²) < 4.78 is 9.88. The molecule has 6 heteroatoms. The number of aromatic nitrogens is 3. The molecular formula is C18H24N4O2. The van der Waals surface area contributed by atoms with Gasteiger partial charge in [-0.15, -0.1) is 0 Å². The molecule has 0 unspecified atom stereocenters. The average molecular weight is 328 g/mol. The van der Waals surface area contributed by atoms with Crippen LogP contribution in [0.5, 0.6) is 0 Å². The minimum atomic E-state index is 0.0611. The van der Waals surface area contributed by atoms with Gasteiger partial charge in [-0.2, -0.15) is 0 Å². The van der Waals surface area contributed by atoms with Crippen LogP contribution in [-0.4, -0.2) is 44.7 Å². The molecule has 1 saturated carbocycles. The van der Waals surface area contributed by atoms with Crippen molar-refractivity contribution in [3.63, 3.8) is 0 Å². The highest BCUT2D eigenvalue weighted by Crippen LogP contribution is 2.31. The molecule has 0 saturated heterocycles. The van der Waals surface area contributed by atoms with Crippen molar-refractivity contribution in [2.45, 2.75) is 25.3 Å². The molecule has 2 aromatic heterocycles. The van der Waals surface area contributed by atoms with E-state index in [0.717, 1.165) is 18.2 Å². The Hall–Kier alpha value is -2.08. The molecule has 3 heterocycles. The standard InChI is InChI=1S/C18H24N4O2/c1-20-7-3-4-16(20)18(23)22-8-14(11-24-10-13-5-6-13)17-15(9-22)19-12-21(17)2/h3-4,7,12-14H,5-6,8-11H2,1-2H3/t14-/m1/s1. The second-order valence-electron chi connectivity index (χ2n) is 7.06. The normalized spacial score (nSPS) is 20.2. The van der Waals surface area contributed by atoms with Crippen LogP contribution in [0.15, 0.2) is 24.7 Å². The summed E-state index contributed by atoms with van der Waals surface area (Å²) in [4.78, 5) is 19.3. The molecule has 24 heavy (non-hydrogen) atoms. The third kappa shape index (κ3) is 2.86. The quantitative estimate of drug-likeness (QED) is 0.843. The van der Waals surface area contributed by atoms with E-state index in [-0.39, 0.29) is 11.8 Å². The Morgan fingerprint density at radius 3 is 2.83 bits per heavy atom. The lowest BCUT2D eigenvalue weighted by Crippen LogP contribution is -2.40. The highest BCUT2D eigenvalue weighted by molar-refractivity contribution is 5.92. The van der Waals surface area contributed by atoms with Gasteiger partial charge >= 0.3 is 0 Å². The fraction of sp³-hybridized carbons (Fsp3) is 0.556. The zero-order valence-electron chi connectivity index (χ0n) is 14.3. The van der Waals surface area contributed by atoms with Crippen LogP contribution in [0.2, 0.25) is 0 Å². The van der Waals surface area contributed by atoms with Crippen molar-refractivity contribution in [2.24, 2.45) is 20.0 Å². The van der Waals surface area contributed by atoms with Gasteiger partial charge in [0.25, 0.3) is 5.91 Å². The molecule has 6 nitrogen and oxygen atoms in total. The Kier molecular flexibility index (Phi) is 3.92. The van der Waals surface area contributed by atoms with Crippen molar-refractivity contribution in [1.82, 2.24) is 19.0 Å². The van der Waals surface area contributed by atoms with Gasteiger partial charge < -0.3 is 18.8 Å². The summed E-state index contributed by atoms with van der Waals surface area (Å²) >= 11 is 0. The van der Waals surface area contributed by atoms with Gasteiger partial charge in [-0.1, -0.05) is 0 Å². The summed E-state index contributed by atoms with van der Waals surface area (Å²) in [7, 11) is 3.92. The van der Waals surface area contributed by atoms with E-state index >= 15 is 0 Å². The second-order valence-corrected chi connectivity index (χ2v) is 7.06. The Morgan fingerprint density at radius 2 is 2.12 bits per heavy atom. The summed E-state index contributed by atoms with van der Waals surface area (Å²) in [5, 5.41) is 0.